The first kappa shape index (κ1) is 11.6. The highest BCUT2D eigenvalue weighted by Gasteiger charge is 2.22. The number of hydrogen-bond acceptors (Lipinski definition) is 4. The predicted octanol–water partition coefficient (Wildman–Crippen LogP) is 0.202. The molecule has 1 aliphatic heterocycles. The molecule has 0 aliphatic carbocycles. The Morgan fingerprint density at radius 2 is 2.00 bits per heavy atom. The van der Waals surface area contributed by atoms with Gasteiger partial charge in [-0.25, -0.2) is 0 Å². The van der Waals surface area contributed by atoms with E-state index in [4.69, 9.17) is 0 Å². The van der Waals surface area contributed by atoms with Crippen molar-refractivity contribution >= 4 is 22.8 Å². The number of benzene rings is 1. The SMILES string of the molecule is O=C1CN(C(=O)c2ccc3nccnc3c2)CCN1. The zero-order valence-electron chi connectivity index (χ0n) is 10.2. The highest BCUT2D eigenvalue weighted by Crippen LogP contribution is 2.13. The molecule has 1 aromatic heterocycles. The minimum Gasteiger partial charge on any atom is -0.353 e. The zero-order valence-corrected chi connectivity index (χ0v) is 10.2. The molecular formula is C13H12N4O2. The van der Waals surface area contributed by atoms with E-state index in [0.717, 1.165) is 5.52 Å². The third-order valence-electron chi connectivity index (χ3n) is 3.04. The fourth-order valence-electron chi connectivity index (χ4n) is 2.09. The molecule has 2 amide bonds. The molecule has 2 heterocycles. The molecule has 0 atom stereocenters. The van der Waals surface area contributed by atoms with Crippen LogP contribution in [0.3, 0.4) is 0 Å². The first-order valence-electron chi connectivity index (χ1n) is 6.01. The summed E-state index contributed by atoms with van der Waals surface area (Å²) in [5, 5.41) is 2.69. The first-order valence-corrected chi connectivity index (χ1v) is 6.01. The van der Waals surface area contributed by atoms with Crippen molar-refractivity contribution in [2.24, 2.45) is 0 Å². The Kier molecular flexibility index (Phi) is 2.83. The summed E-state index contributed by atoms with van der Waals surface area (Å²) in [6.07, 6.45) is 3.20. The average molecular weight is 256 g/mol. The number of piperazine rings is 1. The van der Waals surface area contributed by atoms with Crippen LogP contribution < -0.4 is 5.32 Å². The van der Waals surface area contributed by atoms with Gasteiger partial charge in [0.05, 0.1) is 17.6 Å². The molecule has 1 aliphatic rings. The number of nitrogens with one attached hydrogen (secondary N) is 1. The van der Waals surface area contributed by atoms with E-state index in [9.17, 15) is 9.59 Å². The van der Waals surface area contributed by atoms with Gasteiger partial charge in [-0.1, -0.05) is 0 Å². The molecular weight excluding hydrogens is 244 g/mol. The van der Waals surface area contributed by atoms with Gasteiger partial charge in [0.1, 0.15) is 0 Å². The van der Waals surface area contributed by atoms with Crippen LogP contribution in [0.2, 0.25) is 0 Å². The molecule has 1 fully saturated rings. The molecule has 3 rings (SSSR count). The molecule has 0 unspecified atom stereocenters. The van der Waals surface area contributed by atoms with Crippen molar-refractivity contribution in [2.75, 3.05) is 19.6 Å². The van der Waals surface area contributed by atoms with Crippen LogP contribution in [0.5, 0.6) is 0 Å². The number of hydrogen-bond donors (Lipinski definition) is 1. The number of nitrogens with zero attached hydrogens (tertiary/aromatic N) is 3. The van der Waals surface area contributed by atoms with E-state index >= 15 is 0 Å². The summed E-state index contributed by atoms with van der Waals surface area (Å²) >= 11 is 0. The minimum atomic E-state index is -0.151. The van der Waals surface area contributed by atoms with Gasteiger partial charge >= 0.3 is 0 Å². The predicted molar refractivity (Wildman–Crippen MR) is 68.5 cm³/mol. The van der Waals surface area contributed by atoms with Gasteiger partial charge in [-0.2, -0.15) is 0 Å². The summed E-state index contributed by atoms with van der Waals surface area (Å²) in [6, 6.07) is 5.18. The summed E-state index contributed by atoms with van der Waals surface area (Å²) in [5.74, 6) is -0.275. The van der Waals surface area contributed by atoms with E-state index in [1.54, 1.807) is 30.6 Å². The Labute approximate surface area is 109 Å². The largest absolute Gasteiger partial charge is 0.353 e. The molecule has 0 saturated carbocycles. The Balaban J connectivity index is 1.90. The summed E-state index contributed by atoms with van der Waals surface area (Å²) < 4.78 is 0. The molecule has 96 valence electrons. The molecule has 2 aromatic rings. The maximum atomic E-state index is 12.3. The molecule has 1 aromatic carbocycles. The van der Waals surface area contributed by atoms with E-state index in [1.165, 1.54) is 4.90 Å². The molecule has 0 bridgehead atoms. The highest BCUT2D eigenvalue weighted by atomic mass is 16.2. The van der Waals surface area contributed by atoms with Crippen molar-refractivity contribution in [3.8, 4) is 0 Å². The summed E-state index contributed by atoms with van der Waals surface area (Å²) in [7, 11) is 0. The normalized spacial score (nSPS) is 15.4. The highest BCUT2D eigenvalue weighted by molar-refractivity contribution is 5.99. The molecule has 1 N–H and O–H groups in total. The summed E-state index contributed by atoms with van der Waals surface area (Å²) in [6.45, 7) is 1.14. The maximum absolute atomic E-state index is 12.3. The second-order valence-corrected chi connectivity index (χ2v) is 4.34. The molecule has 6 heteroatoms. The van der Waals surface area contributed by atoms with E-state index in [2.05, 4.69) is 15.3 Å². The number of carbonyl (C=O) groups is 2. The van der Waals surface area contributed by atoms with Crippen molar-refractivity contribution in [2.45, 2.75) is 0 Å². The number of fused-ring (bicyclic) bond motifs is 1. The van der Waals surface area contributed by atoms with Crippen LogP contribution in [0.25, 0.3) is 11.0 Å². The monoisotopic (exact) mass is 256 g/mol. The van der Waals surface area contributed by atoms with Crippen LogP contribution in [-0.2, 0) is 4.79 Å². The van der Waals surface area contributed by atoms with Crippen LogP contribution in [0.4, 0.5) is 0 Å². The fraction of sp³-hybridized carbons (Fsp3) is 0.231. The van der Waals surface area contributed by atoms with Gasteiger partial charge in [-0.3, -0.25) is 19.6 Å². The maximum Gasteiger partial charge on any atom is 0.254 e. The lowest BCUT2D eigenvalue weighted by molar-refractivity contribution is -0.123. The lowest BCUT2D eigenvalue weighted by Crippen LogP contribution is -2.49. The van der Waals surface area contributed by atoms with Gasteiger partial charge in [-0.15, -0.1) is 0 Å². The van der Waals surface area contributed by atoms with Crippen LogP contribution in [0.15, 0.2) is 30.6 Å². The smallest absolute Gasteiger partial charge is 0.254 e. The Morgan fingerprint density at radius 3 is 2.79 bits per heavy atom. The van der Waals surface area contributed by atoms with Crippen molar-refractivity contribution in [3.05, 3.63) is 36.2 Å². The number of carbonyl (C=O) groups excluding carboxylic acids is 2. The van der Waals surface area contributed by atoms with E-state index in [1.807, 2.05) is 0 Å². The Morgan fingerprint density at radius 1 is 1.21 bits per heavy atom. The molecule has 0 radical (unpaired) electrons. The standard InChI is InChI=1S/C13H12N4O2/c18-12-8-17(6-5-16-12)13(19)9-1-2-10-11(7-9)15-4-3-14-10/h1-4,7H,5-6,8H2,(H,16,18). The van der Waals surface area contributed by atoms with Crippen LogP contribution >= 0.6 is 0 Å². The van der Waals surface area contributed by atoms with E-state index in [0.29, 0.717) is 24.2 Å². The van der Waals surface area contributed by atoms with Gasteiger partial charge in [0.2, 0.25) is 5.91 Å². The lowest BCUT2D eigenvalue weighted by atomic mass is 10.1. The van der Waals surface area contributed by atoms with E-state index < -0.39 is 0 Å². The van der Waals surface area contributed by atoms with Gasteiger partial charge in [-0.05, 0) is 18.2 Å². The van der Waals surface area contributed by atoms with E-state index in [-0.39, 0.29) is 18.4 Å². The topological polar surface area (TPSA) is 75.2 Å². The Hall–Kier alpha value is -2.50. The molecule has 6 nitrogen and oxygen atoms in total. The van der Waals surface area contributed by atoms with Crippen LogP contribution in [-0.4, -0.2) is 46.3 Å². The van der Waals surface area contributed by atoms with Gasteiger partial charge in [0.25, 0.3) is 5.91 Å². The second-order valence-electron chi connectivity index (χ2n) is 4.34. The molecule has 0 spiro atoms. The summed E-state index contributed by atoms with van der Waals surface area (Å²) in [4.78, 5) is 33.4. The fourth-order valence-corrected chi connectivity index (χ4v) is 2.09. The molecule has 19 heavy (non-hydrogen) atoms. The second kappa shape index (κ2) is 4.64. The van der Waals surface area contributed by atoms with Gasteiger partial charge in [0, 0.05) is 31.0 Å². The summed E-state index contributed by atoms with van der Waals surface area (Å²) in [5.41, 5.74) is 1.95. The van der Waals surface area contributed by atoms with Crippen LogP contribution in [0, 0.1) is 0 Å². The van der Waals surface area contributed by atoms with Gasteiger partial charge in [0.15, 0.2) is 0 Å². The van der Waals surface area contributed by atoms with Crippen molar-refractivity contribution in [1.29, 1.82) is 0 Å². The van der Waals surface area contributed by atoms with Crippen LogP contribution in [0.1, 0.15) is 10.4 Å². The minimum absolute atomic E-state index is 0.108. The van der Waals surface area contributed by atoms with Crippen molar-refractivity contribution < 1.29 is 9.59 Å². The van der Waals surface area contributed by atoms with Crippen molar-refractivity contribution in [1.82, 2.24) is 20.2 Å². The number of rotatable bonds is 1. The Bertz CT molecular complexity index is 656. The van der Waals surface area contributed by atoms with Gasteiger partial charge < -0.3 is 10.2 Å². The number of aromatic nitrogens is 2. The third-order valence-corrected chi connectivity index (χ3v) is 3.04. The first-order chi connectivity index (χ1) is 9.24. The average Bonchev–Trinajstić information content (AvgIpc) is 2.46. The number of amides is 2. The lowest BCUT2D eigenvalue weighted by Gasteiger charge is -2.26. The quantitative estimate of drug-likeness (QED) is 0.791. The van der Waals surface area contributed by atoms with Crippen molar-refractivity contribution in [3.63, 3.8) is 0 Å². The zero-order chi connectivity index (χ0) is 13.2. The molecule has 1 saturated heterocycles. The third kappa shape index (κ3) is 2.24.